The first-order valence-corrected chi connectivity index (χ1v) is 8.89. The van der Waals surface area contributed by atoms with E-state index in [2.05, 4.69) is 0 Å². The number of phenolic OH excluding ortho intramolecular Hbond substituents is 6. The van der Waals surface area contributed by atoms with E-state index in [1.54, 1.807) is 18.2 Å². The molecular weight excluding hydrogens is 360 g/mol. The molecule has 0 atom stereocenters. The fraction of sp³-hybridized carbons (Fsp3) is 0.182. The van der Waals surface area contributed by atoms with Gasteiger partial charge in [0.1, 0.15) is 17.2 Å². The second kappa shape index (κ2) is 8.00. The Kier molecular flexibility index (Phi) is 5.49. The molecule has 0 aliphatic rings. The molecule has 0 aliphatic heterocycles. The minimum Gasteiger partial charge on any atom is -0.508 e. The normalized spacial score (nSPS) is 10.9. The van der Waals surface area contributed by atoms with Crippen LogP contribution in [-0.2, 0) is 25.7 Å². The Morgan fingerprint density at radius 2 is 0.964 bits per heavy atom. The van der Waals surface area contributed by atoms with E-state index in [1.807, 2.05) is 12.1 Å². The Morgan fingerprint density at radius 1 is 0.500 bits per heavy atom. The minimum atomic E-state index is -0.549. The molecule has 3 rings (SSSR count). The van der Waals surface area contributed by atoms with Crippen molar-refractivity contribution in [2.24, 2.45) is 0 Å². The van der Waals surface area contributed by atoms with Crippen LogP contribution in [0.3, 0.4) is 0 Å². The van der Waals surface area contributed by atoms with Gasteiger partial charge in [0.2, 0.25) is 0 Å². The predicted molar refractivity (Wildman–Crippen MR) is 104 cm³/mol. The van der Waals surface area contributed by atoms with Crippen LogP contribution in [0.15, 0.2) is 48.5 Å². The van der Waals surface area contributed by atoms with E-state index in [9.17, 15) is 30.6 Å². The van der Waals surface area contributed by atoms with E-state index in [0.717, 1.165) is 16.7 Å². The van der Waals surface area contributed by atoms with Crippen molar-refractivity contribution in [3.05, 3.63) is 70.8 Å². The summed E-state index contributed by atoms with van der Waals surface area (Å²) in [5.74, 6) is -1.16. The van der Waals surface area contributed by atoms with Gasteiger partial charge in [-0.15, -0.1) is 0 Å². The SMILES string of the molecule is Oc1cc(O)cc(CCc2cccc(CCc3cc(O)c(O)c(O)c3)c2O)c1. The average molecular weight is 382 g/mol. The van der Waals surface area contributed by atoms with Crippen LogP contribution in [0, 0.1) is 0 Å². The van der Waals surface area contributed by atoms with E-state index in [1.165, 1.54) is 18.2 Å². The van der Waals surface area contributed by atoms with Crippen LogP contribution >= 0.6 is 0 Å². The fourth-order valence-corrected chi connectivity index (χ4v) is 3.21. The summed E-state index contributed by atoms with van der Waals surface area (Å²) in [6.45, 7) is 0. The molecule has 0 aliphatic carbocycles. The molecule has 6 nitrogen and oxygen atoms in total. The van der Waals surface area contributed by atoms with Crippen molar-refractivity contribution in [2.75, 3.05) is 0 Å². The standard InChI is InChI=1S/C22H22O6/c23-17-8-13(9-18(24)12-17)4-6-15-2-1-3-16(21(15)27)7-5-14-10-19(25)22(28)20(26)11-14/h1-3,8-12,23-28H,4-7H2. The van der Waals surface area contributed by atoms with Crippen LogP contribution in [0.2, 0.25) is 0 Å². The van der Waals surface area contributed by atoms with Gasteiger partial charge in [-0.1, -0.05) is 18.2 Å². The van der Waals surface area contributed by atoms with Crippen molar-refractivity contribution in [3.8, 4) is 34.5 Å². The molecule has 0 saturated carbocycles. The first-order chi connectivity index (χ1) is 13.3. The lowest BCUT2D eigenvalue weighted by Gasteiger charge is -2.11. The maximum absolute atomic E-state index is 10.6. The summed E-state index contributed by atoms with van der Waals surface area (Å²) in [5, 5.41) is 58.3. The number of para-hydroxylation sites is 1. The highest BCUT2D eigenvalue weighted by Crippen LogP contribution is 2.36. The third-order valence-electron chi connectivity index (χ3n) is 4.66. The second-order valence-corrected chi connectivity index (χ2v) is 6.77. The Labute approximate surface area is 162 Å². The Bertz CT molecular complexity index is 953. The van der Waals surface area contributed by atoms with Crippen LogP contribution in [-0.4, -0.2) is 30.6 Å². The Hall–Kier alpha value is -3.54. The van der Waals surface area contributed by atoms with E-state index >= 15 is 0 Å². The average Bonchev–Trinajstić information content (AvgIpc) is 2.63. The Balaban J connectivity index is 1.70. The third kappa shape index (κ3) is 4.40. The molecule has 0 aromatic heterocycles. The summed E-state index contributed by atoms with van der Waals surface area (Å²) in [5.41, 5.74) is 2.87. The minimum absolute atomic E-state index is 0.00613. The van der Waals surface area contributed by atoms with Gasteiger partial charge in [0.25, 0.3) is 0 Å². The maximum atomic E-state index is 10.6. The van der Waals surface area contributed by atoms with Gasteiger partial charge in [0.05, 0.1) is 0 Å². The molecule has 0 saturated heterocycles. The van der Waals surface area contributed by atoms with Crippen molar-refractivity contribution >= 4 is 0 Å². The molecule has 0 radical (unpaired) electrons. The van der Waals surface area contributed by atoms with E-state index < -0.39 is 5.75 Å². The molecular formula is C22H22O6. The van der Waals surface area contributed by atoms with Gasteiger partial charge in [-0.3, -0.25) is 0 Å². The van der Waals surface area contributed by atoms with Crippen molar-refractivity contribution < 1.29 is 30.6 Å². The number of hydrogen-bond donors (Lipinski definition) is 6. The highest BCUT2D eigenvalue weighted by Gasteiger charge is 2.11. The number of aryl methyl sites for hydroxylation is 4. The largest absolute Gasteiger partial charge is 0.508 e. The van der Waals surface area contributed by atoms with Crippen LogP contribution in [0.1, 0.15) is 22.3 Å². The molecule has 0 spiro atoms. The van der Waals surface area contributed by atoms with Crippen LogP contribution in [0.25, 0.3) is 0 Å². The topological polar surface area (TPSA) is 121 Å². The van der Waals surface area contributed by atoms with Crippen molar-refractivity contribution in [1.29, 1.82) is 0 Å². The molecule has 3 aromatic carbocycles. The summed E-state index contributed by atoms with van der Waals surface area (Å²) >= 11 is 0. The van der Waals surface area contributed by atoms with Crippen molar-refractivity contribution in [3.63, 3.8) is 0 Å². The molecule has 3 aromatic rings. The summed E-state index contributed by atoms with van der Waals surface area (Å²) in [4.78, 5) is 0. The van der Waals surface area contributed by atoms with Crippen LogP contribution in [0.4, 0.5) is 0 Å². The van der Waals surface area contributed by atoms with Gasteiger partial charge in [-0.2, -0.15) is 0 Å². The summed E-state index contributed by atoms with van der Waals surface area (Å²) in [6, 6.07) is 12.6. The van der Waals surface area contributed by atoms with Gasteiger partial charge in [-0.25, -0.2) is 0 Å². The third-order valence-corrected chi connectivity index (χ3v) is 4.66. The zero-order valence-corrected chi connectivity index (χ0v) is 15.1. The fourth-order valence-electron chi connectivity index (χ4n) is 3.21. The first kappa shape index (κ1) is 19.2. The molecule has 6 N–H and O–H groups in total. The van der Waals surface area contributed by atoms with Gasteiger partial charge < -0.3 is 30.6 Å². The van der Waals surface area contributed by atoms with Gasteiger partial charge in [-0.05, 0) is 72.2 Å². The molecule has 0 bridgehead atoms. The molecule has 0 unspecified atom stereocenters. The molecule has 0 amide bonds. The lowest BCUT2D eigenvalue weighted by atomic mass is 9.97. The number of aromatic hydroxyl groups is 6. The van der Waals surface area contributed by atoms with Gasteiger partial charge in [0.15, 0.2) is 17.2 Å². The van der Waals surface area contributed by atoms with Gasteiger partial charge >= 0.3 is 0 Å². The van der Waals surface area contributed by atoms with E-state index in [0.29, 0.717) is 31.2 Å². The number of rotatable bonds is 6. The van der Waals surface area contributed by atoms with Crippen molar-refractivity contribution in [2.45, 2.75) is 25.7 Å². The van der Waals surface area contributed by atoms with E-state index in [-0.39, 0.29) is 28.7 Å². The van der Waals surface area contributed by atoms with Gasteiger partial charge in [0, 0.05) is 6.07 Å². The molecule has 146 valence electrons. The lowest BCUT2D eigenvalue weighted by Crippen LogP contribution is -1.97. The quantitative estimate of drug-likeness (QED) is 0.363. The first-order valence-electron chi connectivity index (χ1n) is 8.89. The van der Waals surface area contributed by atoms with Crippen molar-refractivity contribution in [1.82, 2.24) is 0 Å². The number of hydrogen-bond acceptors (Lipinski definition) is 6. The molecule has 0 heterocycles. The summed E-state index contributed by atoms with van der Waals surface area (Å²) in [6.07, 6.45) is 2.01. The number of phenols is 6. The zero-order chi connectivity index (χ0) is 20.3. The Morgan fingerprint density at radius 3 is 1.46 bits per heavy atom. The number of benzene rings is 3. The molecule has 0 fully saturated rings. The predicted octanol–water partition coefficient (Wildman–Crippen LogP) is 3.49. The van der Waals surface area contributed by atoms with Crippen LogP contribution < -0.4 is 0 Å². The highest BCUT2D eigenvalue weighted by atomic mass is 16.3. The van der Waals surface area contributed by atoms with Crippen LogP contribution in [0.5, 0.6) is 34.5 Å². The zero-order valence-electron chi connectivity index (χ0n) is 15.1. The molecule has 28 heavy (non-hydrogen) atoms. The maximum Gasteiger partial charge on any atom is 0.200 e. The smallest absolute Gasteiger partial charge is 0.200 e. The second-order valence-electron chi connectivity index (χ2n) is 6.77. The highest BCUT2D eigenvalue weighted by molar-refractivity contribution is 5.51. The monoisotopic (exact) mass is 382 g/mol. The lowest BCUT2D eigenvalue weighted by molar-refractivity contribution is 0.367. The molecule has 6 heteroatoms. The summed E-state index contributed by atoms with van der Waals surface area (Å²) in [7, 11) is 0. The van der Waals surface area contributed by atoms with E-state index in [4.69, 9.17) is 0 Å². The summed E-state index contributed by atoms with van der Waals surface area (Å²) < 4.78 is 0.